The lowest BCUT2D eigenvalue weighted by Crippen LogP contribution is -2.28. The van der Waals surface area contributed by atoms with Crippen molar-refractivity contribution < 1.29 is 19.4 Å². The Kier molecular flexibility index (Phi) is 9.70. The molecule has 0 saturated heterocycles. The van der Waals surface area contributed by atoms with Crippen molar-refractivity contribution in [3.05, 3.63) is 47.8 Å². The molecular weight excluding hydrogens is 432 g/mol. The highest BCUT2D eigenvalue weighted by Gasteiger charge is 2.23. The van der Waals surface area contributed by atoms with Crippen LogP contribution < -0.4 is 10.6 Å². The number of rotatable bonds is 7. The van der Waals surface area contributed by atoms with Gasteiger partial charge in [0.05, 0.1) is 24.6 Å². The molecule has 0 spiro atoms. The summed E-state index contributed by atoms with van der Waals surface area (Å²) < 4.78 is 5.60. The van der Waals surface area contributed by atoms with Crippen molar-refractivity contribution in [3.63, 3.8) is 0 Å². The molecular formula is C26H38N4O4. The summed E-state index contributed by atoms with van der Waals surface area (Å²) >= 11 is 0. The van der Waals surface area contributed by atoms with E-state index in [1.54, 1.807) is 24.3 Å². The topological polar surface area (TPSA) is 113 Å². The minimum Gasteiger partial charge on any atom is -0.390 e. The molecule has 0 bridgehead atoms. The lowest BCUT2D eigenvalue weighted by Gasteiger charge is -2.17. The molecule has 2 heterocycles. The van der Waals surface area contributed by atoms with E-state index in [4.69, 9.17) is 9.84 Å². The summed E-state index contributed by atoms with van der Waals surface area (Å²) in [5.74, 6) is 1.69. The SMILES string of the molecule is CC(C)(C)C(=O)Nc1cccc(CO)n1.CC(C)(C)C(=O)Nc1cccc(COCC2CC2)n1. The summed E-state index contributed by atoms with van der Waals surface area (Å²) in [6, 6.07) is 10.8. The van der Waals surface area contributed by atoms with E-state index in [-0.39, 0.29) is 18.4 Å². The number of ether oxygens (including phenoxy) is 1. The Balaban J connectivity index is 0.000000248. The molecule has 0 aromatic carbocycles. The van der Waals surface area contributed by atoms with E-state index in [0.717, 1.165) is 18.2 Å². The zero-order valence-electron chi connectivity index (χ0n) is 21.1. The van der Waals surface area contributed by atoms with E-state index >= 15 is 0 Å². The molecule has 0 atom stereocenters. The van der Waals surface area contributed by atoms with Crippen molar-refractivity contribution in [2.75, 3.05) is 17.2 Å². The third-order valence-corrected chi connectivity index (χ3v) is 4.92. The molecule has 2 aromatic rings. The van der Waals surface area contributed by atoms with Crippen LogP contribution in [0.5, 0.6) is 0 Å². The molecule has 8 nitrogen and oxygen atoms in total. The lowest BCUT2D eigenvalue weighted by atomic mass is 9.96. The molecule has 3 N–H and O–H groups in total. The van der Waals surface area contributed by atoms with Crippen molar-refractivity contribution in [1.29, 1.82) is 0 Å². The Labute approximate surface area is 202 Å². The van der Waals surface area contributed by atoms with E-state index in [1.165, 1.54) is 12.8 Å². The molecule has 1 saturated carbocycles. The van der Waals surface area contributed by atoms with Crippen LogP contribution in [-0.4, -0.2) is 33.5 Å². The Morgan fingerprint density at radius 1 is 0.882 bits per heavy atom. The second kappa shape index (κ2) is 12.0. The van der Waals surface area contributed by atoms with Gasteiger partial charge < -0.3 is 20.5 Å². The van der Waals surface area contributed by atoms with Crippen LogP contribution >= 0.6 is 0 Å². The number of aromatic nitrogens is 2. The Hall–Kier alpha value is -2.84. The fourth-order valence-corrected chi connectivity index (χ4v) is 2.49. The monoisotopic (exact) mass is 470 g/mol. The highest BCUT2D eigenvalue weighted by atomic mass is 16.5. The molecule has 2 amide bonds. The zero-order chi connectivity index (χ0) is 25.4. The van der Waals surface area contributed by atoms with Gasteiger partial charge >= 0.3 is 0 Å². The van der Waals surface area contributed by atoms with Crippen LogP contribution in [0.2, 0.25) is 0 Å². The van der Waals surface area contributed by atoms with E-state index in [1.807, 2.05) is 53.7 Å². The maximum absolute atomic E-state index is 11.9. The number of amides is 2. The molecule has 0 radical (unpaired) electrons. The van der Waals surface area contributed by atoms with Crippen molar-refractivity contribution >= 4 is 23.5 Å². The van der Waals surface area contributed by atoms with E-state index in [2.05, 4.69) is 20.6 Å². The number of nitrogens with one attached hydrogen (secondary N) is 2. The molecule has 186 valence electrons. The number of aliphatic hydroxyl groups excluding tert-OH is 1. The number of carbonyl (C=O) groups excluding carboxylic acids is 2. The van der Waals surface area contributed by atoms with Crippen molar-refractivity contribution in [3.8, 4) is 0 Å². The second-order valence-electron chi connectivity index (χ2n) is 10.6. The average molecular weight is 471 g/mol. The van der Waals surface area contributed by atoms with Crippen LogP contribution in [0.25, 0.3) is 0 Å². The van der Waals surface area contributed by atoms with Gasteiger partial charge in [0.25, 0.3) is 0 Å². The summed E-state index contributed by atoms with van der Waals surface area (Å²) in [6.07, 6.45) is 2.57. The van der Waals surface area contributed by atoms with Crippen LogP contribution in [0.15, 0.2) is 36.4 Å². The highest BCUT2D eigenvalue weighted by molar-refractivity contribution is 5.94. The predicted octanol–water partition coefficient (Wildman–Crippen LogP) is 4.55. The van der Waals surface area contributed by atoms with E-state index in [9.17, 15) is 9.59 Å². The zero-order valence-corrected chi connectivity index (χ0v) is 21.1. The van der Waals surface area contributed by atoms with Gasteiger partial charge in [0, 0.05) is 17.4 Å². The molecule has 0 aliphatic heterocycles. The van der Waals surface area contributed by atoms with Crippen molar-refractivity contribution in [2.45, 2.75) is 67.6 Å². The van der Waals surface area contributed by atoms with Crippen LogP contribution in [0.1, 0.15) is 65.8 Å². The molecule has 1 aliphatic carbocycles. The smallest absolute Gasteiger partial charge is 0.230 e. The standard InChI is InChI=1S/C15H22N2O2.C11H16N2O2/c1-15(2,3)14(18)17-13-6-4-5-12(16-13)10-19-9-11-7-8-11;1-11(2,3)10(15)13-9-6-4-5-8(7-14)12-9/h4-6,11H,7-10H2,1-3H3,(H,16,17,18);4-6,14H,7H2,1-3H3,(H,12,13,15). The summed E-state index contributed by atoms with van der Waals surface area (Å²) in [7, 11) is 0. The Morgan fingerprint density at radius 2 is 1.35 bits per heavy atom. The van der Waals surface area contributed by atoms with Gasteiger partial charge in [0.2, 0.25) is 11.8 Å². The van der Waals surface area contributed by atoms with Gasteiger partial charge in [0.1, 0.15) is 11.6 Å². The largest absolute Gasteiger partial charge is 0.390 e. The normalized spacial score (nSPS) is 13.5. The number of aliphatic hydroxyl groups is 1. The van der Waals surface area contributed by atoms with Crippen LogP contribution in [0, 0.1) is 16.7 Å². The first kappa shape index (κ1) is 27.4. The van der Waals surface area contributed by atoms with Crippen LogP contribution in [-0.2, 0) is 27.5 Å². The van der Waals surface area contributed by atoms with Gasteiger partial charge in [-0.2, -0.15) is 0 Å². The number of pyridine rings is 2. The maximum Gasteiger partial charge on any atom is 0.230 e. The van der Waals surface area contributed by atoms with Crippen molar-refractivity contribution in [2.24, 2.45) is 16.7 Å². The second-order valence-corrected chi connectivity index (χ2v) is 10.6. The highest BCUT2D eigenvalue weighted by Crippen LogP contribution is 2.29. The third-order valence-electron chi connectivity index (χ3n) is 4.92. The molecule has 1 fully saturated rings. The molecule has 1 aliphatic rings. The first-order chi connectivity index (χ1) is 15.9. The Morgan fingerprint density at radius 3 is 1.79 bits per heavy atom. The predicted molar refractivity (Wildman–Crippen MR) is 133 cm³/mol. The third kappa shape index (κ3) is 9.97. The fraction of sp³-hybridized carbons (Fsp3) is 0.538. The minimum atomic E-state index is -0.448. The van der Waals surface area contributed by atoms with E-state index in [0.29, 0.717) is 23.9 Å². The van der Waals surface area contributed by atoms with Gasteiger partial charge in [-0.15, -0.1) is 0 Å². The van der Waals surface area contributed by atoms with Gasteiger partial charge in [0.15, 0.2) is 0 Å². The summed E-state index contributed by atoms with van der Waals surface area (Å²) in [6.45, 7) is 12.3. The summed E-state index contributed by atoms with van der Waals surface area (Å²) in [4.78, 5) is 31.9. The summed E-state index contributed by atoms with van der Waals surface area (Å²) in [5.41, 5.74) is 0.533. The minimum absolute atomic E-state index is 0.0314. The van der Waals surface area contributed by atoms with Crippen LogP contribution in [0.4, 0.5) is 11.6 Å². The Bertz CT molecular complexity index is 960. The number of hydrogen-bond acceptors (Lipinski definition) is 6. The van der Waals surface area contributed by atoms with Gasteiger partial charge in [-0.05, 0) is 43.0 Å². The fourth-order valence-electron chi connectivity index (χ4n) is 2.49. The molecule has 0 unspecified atom stereocenters. The average Bonchev–Trinajstić information content (AvgIpc) is 3.58. The summed E-state index contributed by atoms with van der Waals surface area (Å²) in [5, 5.41) is 14.4. The van der Waals surface area contributed by atoms with Gasteiger partial charge in [-0.1, -0.05) is 53.7 Å². The maximum atomic E-state index is 11.9. The molecule has 3 rings (SSSR count). The number of nitrogens with zero attached hydrogens (tertiary/aromatic N) is 2. The molecule has 2 aromatic heterocycles. The number of carbonyl (C=O) groups is 2. The van der Waals surface area contributed by atoms with Gasteiger partial charge in [-0.25, -0.2) is 9.97 Å². The quantitative estimate of drug-likeness (QED) is 0.547. The number of hydrogen-bond donors (Lipinski definition) is 3. The van der Waals surface area contributed by atoms with Crippen LogP contribution in [0.3, 0.4) is 0 Å². The molecule has 34 heavy (non-hydrogen) atoms. The van der Waals surface area contributed by atoms with Crippen molar-refractivity contribution in [1.82, 2.24) is 9.97 Å². The molecule has 8 heteroatoms. The lowest BCUT2D eigenvalue weighted by molar-refractivity contribution is -0.123. The van der Waals surface area contributed by atoms with E-state index < -0.39 is 10.8 Å². The van der Waals surface area contributed by atoms with Gasteiger partial charge in [-0.3, -0.25) is 9.59 Å². The number of anilines is 2. The first-order valence-electron chi connectivity index (χ1n) is 11.6. The first-order valence-corrected chi connectivity index (χ1v) is 11.6.